The molecule has 0 saturated heterocycles. The second-order valence-corrected chi connectivity index (χ2v) is 14.1. The second-order valence-electron chi connectivity index (χ2n) is 11.4. The van der Waals surface area contributed by atoms with Crippen LogP contribution in [-0.4, -0.2) is 43.3 Å². The van der Waals surface area contributed by atoms with Gasteiger partial charge in [-0.3, -0.25) is 13.9 Å². The lowest BCUT2D eigenvalue weighted by atomic mass is 10.0. The van der Waals surface area contributed by atoms with Crippen molar-refractivity contribution in [3.63, 3.8) is 0 Å². The number of amides is 2. The van der Waals surface area contributed by atoms with Gasteiger partial charge in [-0.25, -0.2) is 8.42 Å². The van der Waals surface area contributed by atoms with E-state index in [1.807, 2.05) is 51.1 Å². The Morgan fingerprint density at radius 2 is 1.34 bits per heavy atom. The lowest BCUT2D eigenvalue weighted by Gasteiger charge is -2.35. The highest BCUT2D eigenvalue weighted by Crippen LogP contribution is 2.31. The molecule has 0 heterocycles. The smallest absolute Gasteiger partial charge is 0.264 e. The first kappa shape index (κ1) is 33.1. The van der Waals surface area contributed by atoms with Crippen molar-refractivity contribution < 1.29 is 18.0 Å². The van der Waals surface area contributed by atoms with Gasteiger partial charge in [0, 0.05) is 23.5 Å². The Hall–Kier alpha value is -3.85. The molecule has 4 rings (SSSR count). The predicted molar refractivity (Wildman–Crippen MR) is 176 cm³/mol. The minimum Gasteiger partial charge on any atom is -0.350 e. The van der Waals surface area contributed by atoms with E-state index in [9.17, 15) is 18.0 Å². The fourth-order valence-corrected chi connectivity index (χ4v) is 6.55. The van der Waals surface area contributed by atoms with E-state index < -0.39 is 34.1 Å². The van der Waals surface area contributed by atoms with Crippen molar-refractivity contribution in [1.82, 2.24) is 10.2 Å². The molecule has 2 amide bonds. The van der Waals surface area contributed by atoms with Gasteiger partial charge in [0.05, 0.1) is 15.6 Å². The summed E-state index contributed by atoms with van der Waals surface area (Å²) in [4.78, 5) is 29.8. The van der Waals surface area contributed by atoms with E-state index in [-0.39, 0.29) is 34.5 Å². The first-order valence-corrected chi connectivity index (χ1v) is 16.3. The van der Waals surface area contributed by atoms with Crippen LogP contribution in [0.15, 0.2) is 114 Å². The Morgan fingerprint density at radius 1 is 0.773 bits per heavy atom. The molecule has 1 atom stereocenters. The highest BCUT2D eigenvalue weighted by Gasteiger charge is 2.36. The number of rotatable bonds is 11. The van der Waals surface area contributed by atoms with Crippen molar-refractivity contribution in [2.75, 3.05) is 10.8 Å². The van der Waals surface area contributed by atoms with Crippen LogP contribution in [0.25, 0.3) is 0 Å². The maximum absolute atomic E-state index is 14.5. The van der Waals surface area contributed by atoms with E-state index in [0.29, 0.717) is 5.02 Å². The summed E-state index contributed by atoms with van der Waals surface area (Å²) in [7, 11) is -4.23. The first-order chi connectivity index (χ1) is 20.8. The fourth-order valence-electron chi connectivity index (χ4n) is 4.68. The van der Waals surface area contributed by atoms with Crippen LogP contribution in [0, 0.1) is 0 Å². The Bertz CT molecular complexity index is 1680. The van der Waals surface area contributed by atoms with Gasteiger partial charge in [-0.1, -0.05) is 96.0 Å². The molecule has 0 aliphatic rings. The van der Waals surface area contributed by atoms with Crippen LogP contribution >= 0.6 is 23.2 Å². The Morgan fingerprint density at radius 3 is 1.93 bits per heavy atom. The number of benzene rings is 4. The summed E-state index contributed by atoms with van der Waals surface area (Å²) in [5.41, 5.74) is 1.13. The number of carbonyl (C=O) groups excluding carboxylic acids is 2. The standard InChI is InChI=1S/C34H35Cl2N3O4S/c1-34(2,3)37-33(41)31(22-25-12-6-4-7-13-25)38(23-26-18-20-27(35)21-19-26)32(40)24-39(30-17-11-10-16-29(30)36)44(42,43)28-14-8-5-9-15-28/h4-21,31H,22-24H2,1-3H3,(H,37,41). The maximum Gasteiger partial charge on any atom is 0.264 e. The average Bonchev–Trinajstić information content (AvgIpc) is 2.99. The molecule has 4 aromatic carbocycles. The number of nitrogens with zero attached hydrogens (tertiary/aromatic N) is 2. The number of hydrogen-bond donors (Lipinski definition) is 1. The van der Waals surface area contributed by atoms with E-state index in [0.717, 1.165) is 15.4 Å². The number of anilines is 1. The molecule has 0 saturated carbocycles. The summed E-state index contributed by atoms with van der Waals surface area (Å²) in [6.45, 7) is 5.03. The van der Waals surface area contributed by atoms with Gasteiger partial charge in [0.2, 0.25) is 11.8 Å². The quantitative estimate of drug-likeness (QED) is 0.194. The number of hydrogen-bond acceptors (Lipinski definition) is 4. The molecule has 0 aromatic heterocycles. The third-order valence-corrected chi connectivity index (χ3v) is 9.11. The Labute approximate surface area is 269 Å². The van der Waals surface area contributed by atoms with Gasteiger partial charge in [0.25, 0.3) is 10.0 Å². The molecule has 0 radical (unpaired) electrons. The van der Waals surface area contributed by atoms with Crippen molar-refractivity contribution in [3.8, 4) is 0 Å². The zero-order valence-electron chi connectivity index (χ0n) is 24.8. The van der Waals surface area contributed by atoms with Crippen molar-refractivity contribution in [1.29, 1.82) is 0 Å². The normalized spacial score (nSPS) is 12.3. The van der Waals surface area contributed by atoms with Gasteiger partial charge < -0.3 is 10.2 Å². The van der Waals surface area contributed by atoms with Gasteiger partial charge in [-0.2, -0.15) is 0 Å². The molecule has 10 heteroatoms. The highest BCUT2D eigenvalue weighted by atomic mass is 35.5. The van der Waals surface area contributed by atoms with E-state index in [4.69, 9.17) is 23.2 Å². The number of halogens is 2. The lowest BCUT2D eigenvalue weighted by Crippen LogP contribution is -2.56. The van der Waals surface area contributed by atoms with Crippen molar-refractivity contribution in [2.45, 2.75) is 50.2 Å². The van der Waals surface area contributed by atoms with Gasteiger partial charge in [0.15, 0.2) is 0 Å². The monoisotopic (exact) mass is 651 g/mol. The molecule has 0 fully saturated rings. The summed E-state index contributed by atoms with van der Waals surface area (Å²) in [6, 6.07) is 29.7. The summed E-state index contributed by atoms with van der Waals surface area (Å²) < 4.78 is 29.1. The first-order valence-electron chi connectivity index (χ1n) is 14.1. The fraction of sp³-hybridized carbons (Fsp3) is 0.235. The molecule has 0 aliphatic heterocycles. The topological polar surface area (TPSA) is 86.8 Å². The van der Waals surface area contributed by atoms with Gasteiger partial charge in [-0.05, 0) is 68.3 Å². The third kappa shape index (κ3) is 8.62. The summed E-state index contributed by atoms with van der Waals surface area (Å²) in [5, 5.41) is 3.70. The van der Waals surface area contributed by atoms with Crippen LogP contribution in [0.4, 0.5) is 5.69 Å². The van der Waals surface area contributed by atoms with Crippen LogP contribution in [0.3, 0.4) is 0 Å². The summed E-state index contributed by atoms with van der Waals surface area (Å²) in [5.74, 6) is -0.941. The van der Waals surface area contributed by atoms with Gasteiger partial charge in [-0.15, -0.1) is 0 Å². The Balaban J connectivity index is 1.82. The molecule has 1 N–H and O–H groups in total. The van der Waals surface area contributed by atoms with Crippen molar-refractivity contribution >= 4 is 50.7 Å². The summed E-state index contributed by atoms with van der Waals surface area (Å²) in [6.07, 6.45) is 0.208. The molecular formula is C34H35Cl2N3O4S. The second kappa shape index (κ2) is 14.3. The van der Waals surface area contributed by atoms with Crippen LogP contribution in [0.2, 0.25) is 10.0 Å². The Kier molecular flexibility index (Phi) is 10.7. The molecule has 1 unspecified atom stereocenters. The van der Waals surface area contributed by atoms with Crippen LogP contribution in [-0.2, 0) is 32.6 Å². The molecule has 0 aliphatic carbocycles. The molecule has 0 spiro atoms. The molecule has 0 bridgehead atoms. The molecule has 7 nitrogen and oxygen atoms in total. The zero-order valence-corrected chi connectivity index (χ0v) is 27.1. The average molecular weight is 653 g/mol. The third-order valence-electron chi connectivity index (χ3n) is 6.77. The predicted octanol–water partition coefficient (Wildman–Crippen LogP) is 6.74. The number of para-hydroxylation sites is 1. The number of sulfonamides is 1. The number of nitrogens with one attached hydrogen (secondary N) is 1. The summed E-state index contributed by atoms with van der Waals surface area (Å²) >= 11 is 12.6. The minimum absolute atomic E-state index is 0.00304. The molecular weight excluding hydrogens is 617 g/mol. The van der Waals surface area contributed by atoms with Crippen molar-refractivity contribution in [2.24, 2.45) is 0 Å². The number of carbonyl (C=O) groups is 2. The zero-order chi connectivity index (χ0) is 31.9. The molecule has 44 heavy (non-hydrogen) atoms. The van der Waals surface area contributed by atoms with Crippen LogP contribution in [0.1, 0.15) is 31.9 Å². The lowest BCUT2D eigenvalue weighted by molar-refractivity contribution is -0.140. The van der Waals surface area contributed by atoms with Crippen molar-refractivity contribution in [3.05, 3.63) is 130 Å². The van der Waals surface area contributed by atoms with Crippen LogP contribution in [0.5, 0.6) is 0 Å². The SMILES string of the molecule is CC(C)(C)NC(=O)C(Cc1ccccc1)N(Cc1ccc(Cl)cc1)C(=O)CN(c1ccccc1Cl)S(=O)(=O)c1ccccc1. The van der Waals surface area contributed by atoms with E-state index in [1.165, 1.54) is 17.0 Å². The van der Waals surface area contributed by atoms with Gasteiger partial charge in [0.1, 0.15) is 12.6 Å². The highest BCUT2D eigenvalue weighted by molar-refractivity contribution is 7.92. The van der Waals surface area contributed by atoms with E-state index in [1.54, 1.807) is 66.7 Å². The largest absolute Gasteiger partial charge is 0.350 e. The maximum atomic E-state index is 14.5. The minimum atomic E-state index is -4.23. The van der Waals surface area contributed by atoms with Crippen LogP contribution < -0.4 is 9.62 Å². The molecule has 4 aromatic rings. The van der Waals surface area contributed by atoms with E-state index >= 15 is 0 Å². The van der Waals surface area contributed by atoms with E-state index in [2.05, 4.69) is 5.32 Å². The van der Waals surface area contributed by atoms with Gasteiger partial charge >= 0.3 is 0 Å². The molecule has 230 valence electrons.